The van der Waals surface area contributed by atoms with E-state index in [9.17, 15) is 9.59 Å². The van der Waals surface area contributed by atoms with E-state index in [1.807, 2.05) is 6.92 Å². The zero-order valence-corrected chi connectivity index (χ0v) is 13.5. The molecule has 1 atom stereocenters. The second-order valence-electron chi connectivity index (χ2n) is 5.47. The van der Waals surface area contributed by atoms with Crippen molar-refractivity contribution in [2.45, 2.75) is 26.7 Å². The number of ether oxygens (including phenoxy) is 2. The minimum absolute atomic E-state index is 0.113. The molecule has 0 aromatic heterocycles. The summed E-state index contributed by atoms with van der Waals surface area (Å²) in [5.74, 6) is -0.447. The van der Waals surface area contributed by atoms with Gasteiger partial charge in [0.2, 0.25) is 5.91 Å². The molecular formula is C15H28N2O4. The predicted octanol–water partition coefficient (Wildman–Crippen LogP) is 0.756. The van der Waals surface area contributed by atoms with Crippen molar-refractivity contribution in [3.05, 3.63) is 0 Å². The Morgan fingerprint density at radius 3 is 2.57 bits per heavy atom. The first-order valence-electron chi connectivity index (χ1n) is 7.74. The van der Waals surface area contributed by atoms with Crippen LogP contribution in [0.15, 0.2) is 0 Å². The third-order valence-electron chi connectivity index (χ3n) is 3.70. The lowest BCUT2D eigenvalue weighted by Crippen LogP contribution is -2.45. The Kier molecular flexibility index (Phi) is 8.30. The molecule has 6 nitrogen and oxygen atoms in total. The lowest BCUT2D eigenvalue weighted by molar-refractivity contribution is -0.146. The maximum atomic E-state index is 12.2. The van der Waals surface area contributed by atoms with Gasteiger partial charge in [0.25, 0.3) is 0 Å². The fourth-order valence-corrected chi connectivity index (χ4v) is 2.38. The second-order valence-corrected chi connectivity index (χ2v) is 5.47. The van der Waals surface area contributed by atoms with Crippen LogP contribution in [0.2, 0.25) is 0 Å². The van der Waals surface area contributed by atoms with Crippen LogP contribution in [0.4, 0.5) is 0 Å². The van der Waals surface area contributed by atoms with Crippen LogP contribution < -0.4 is 0 Å². The normalized spacial score (nSPS) is 17.3. The van der Waals surface area contributed by atoms with Crippen molar-refractivity contribution in [2.75, 3.05) is 53.0 Å². The summed E-state index contributed by atoms with van der Waals surface area (Å²) in [6, 6.07) is 0. The second kappa shape index (κ2) is 9.73. The van der Waals surface area contributed by atoms with Gasteiger partial charge in [-0.3, -0.25) is 14.5 Å². The molecule has 0 N–H and O–H groups in total. The van der Waals surface area contributed by atoms with E-state index >= 15 is 0 Å². The number of amides is 1. The molecular weight excluding hydrogens is 272 g/mol. The number of esters is 1. The first kappa shape index (κ1) is 17.9. The van der Waals surface area contributed by atoms with E-state index in [2.05, 4.69) is 4.90 Å². The van der Waals surface area contributed by atoms with E-state index in [1.165, 1.54) is 7.11 Å². The lowest BCUT2D eigenvalue weighted by atomic mass is 10.1. The van der Waals surface area contributed by atoms with Gasteiger partial charge in [0.15, 0.2) is 0 Å². The topological polar surface area (TPSA) is 59.1 Å². The first-order valence-corrected chi connectivity index (χ1v) is 7.74. The molecule has 21 heavy (non-hydrogen) atoms. The highest BCUT2D eigenvalue weighted by Gasteiger charge is 2.22. The minimum atomic E-state index is -0.291. The van der Waals surface area contributed by atoms with Gasteiger partial charge in [-0.2, -0.15) is 0 Å². The van der Waals surface area contributed by atoms with Gasteiger partial charge in [-0.1, -0.05) is 13.8 Å². The largest absolute Gasteiger partial charge is 0.469 e. The third kappa shape index (κ3) is 6.44. The summed E-state index contributed by atoms with van der Waals surface area (Å²) in [7, 11) is 1.38. The summed E-state index contributed by atoms with van der Waals surface area (Å²) in [6.45, 7) is 9.00. The van der Waals surface area contributed by atoms with Crippen molar-refractivity contribution >= 4 is 11.9 Å². The Bertz CT molecular complexity index is 330. The average molecular weight is 300 g/mol. The summed E-state index contributed by atoms with van der Waals surface area (Å²) in [5.41, 5.74) is 0. The summed E-state index contributed by atoms with van der Waals surface area (Å²) < 4.78 is 10.1. The Hall–Kier alpha value is -1.14. The quantitative estimate of drug-likeness (QED) is 0.619. The lowest BCUT2D eigenvalue weighted by Gasteiger charge is -2.31. The summed E-state index contributed by atoms with van der Waals surface area (Å²) >= 11 is 0. The molecule has 0 aliphatic carbocycles. The number of morpholine rings is 1. The molecule has 0 saturated carbocycles. The number of hydrogen-bond acceptors (Lipinski definition) is 5. The Balaban J connectivity index is 2.50. The summed E-state index contributed by atoms with van der Waals surface area (Å²) in [4.78, 5) is 27.8. The van der Waals surface area contributed by atoms with Gasteiger partial charge in [0.1, 0.15) is 0 Å². The van der Waals surface area contributed by atoms with E-state index in [-0.39, 0.29) is 17.8 Å². The zero-order chi connectivity index (χ0) is 15.7. The highest BCUT2D eigenvalue weighted by Crippen LogP contribution is 2.07. The maximum absolute atomic E-state index is 12.2. The van der Waals surface area contributed by atoms with Crippen molar-refractivity contribution in [1.82, 2.24) is 9.80 Å². The van der Waals surface area contributed by atoms with E-state index < -0.39 is 0 Å². The van der Waals surface area contributed by atoms with Gasteiger partial charge in [-0.05, 0) is 6.42 Å². The molecule has 1 heterocycles. The van der Waals surface area contributed by atoms with Crippen LogP contribution in [0, 0.1) is 5.92 Å². The molecule has 1 unspecified atom stereocenters. The Labute approximate surface area is 127 Å². The standard InChI is InChI=1S/C15H28N2O4/c1-4-5-14(18)17(12-13(2)15(19)20-3)7-6-16-8-10-21-11-9-16/h13H,4-12H2,1-3H3. The van der Waals surface area contributed by atoms with Crippen molar-refractivity contribution in [1.29, 1.82) is 0 Å². The zero-order valence-electron chi connectivity index (χ0n) is 13.5. The number of carbonyl (C=O) groups is 2. The van der Waals surface area contributed by atoms with E-state index in [4.69, 9.17) is 9.47 Å². The van der Waals surface area contributed by atoms with Crippen LogP contribution in [0.3, 0.4) is 0 Å². The molecule has 1 fully saturated rings. The molecule has 0 radical (unpaired) electrons. The molecule has 1 amide bonds. The number of carbonyl (C=O) groups excluding carboxylic acids is 2. The summed E-state index contributed by atoms with van der Waals surface area (Å²) in [6.07, 6.45) is 1.34. The average Bonchev–Trinajstić information content (AvgIpc) is 2.51. The van der Waals surface area contributed by atoms with Gasteiger partial charge in [0, 0.05) is 39.1 Å². The summed E-state index contributed by atoms with van der Waals surface area (Å²) in [5, 5.41) is 0. The fraction of sp³-hybridized carbons (Fsp3) is 0.867. The van der Waals surface area contributed by atoms with Gasteiger partial charge < -0.3 is 14.4 Å². The molecule has 1 saturated heterocycles. The number of nitrogens with zero attached hydrogens (tertiary/aromatic N) is 2. The van der Waals surface area contributed by atoms with Gasteiger partial charge in [-0.15, -0.1) is 0 Å². The van der Waals surface area contributed by atoms with Crippen LogP contribution in [0.1, 0.15) is 26.7 Å². The molecule has 0 bridgehead atoms. The molecule has 1 aliphatic heterocycles. The Morgan fingerprint density at radius 2 is 2.00 bits per heavy atom. The van der Waals surface area contributed by atoms with Crippen molar-refractivity contribution in [2.24, 2.45) is 5.92 Å². The molecule has 0 spiro atoms. The maximum Gasteiger partial charge on any atom is 0.310 e. The van der Waals surface area contributed by atoms with Crippen molar-refractivity contribution in [3.8, 4) is 0 Å². The van der Waals surface area contributed by atoms with Crippen molar-refractivity contribution in [3.63, 3.8) is 0 Å². The number of rotatable bonds is 8. The molecule has 1 rings (SSSR count). The van der Waals surface area contributed by atoms with Crippen LogP contribution >= 0.6 is 0 Å². The first-order chi connectivity index (χ1) is 10.1. The molecule has 0 aromatic rings. The van der Waals surface area contributed by atoms with E-state index in [0.717, 1.165) is 39.3 Å². The minimum Gasteiger partial charge on any atom is -0.469 e. The highest BCUT2D eigenvalue weighted by atomic mass is 16.5. The highest BCUT2D eigenvalue weighted by molar-refractivity contribution is 5.77. The van der Waals surface area contributed by atoms with E-state index in [0.29, 0.717) is 19.5 Å². The van der Waals surface area contributed by atoms with Gasteiger partial charge in [0.05, 0.1) is 26.2 Å². The van der Waals surface area contributed by atoms with Gasteiger partial charge >= 0.3 is 5.97 Å². The SMILES string of the molecule is CCCC(=O)N(CCN1CCOCC1)CC(C)C(=O)OC. The Morgan fingerprint density at radius 1 is 1.33 bits per heavy atom. The number of hydrogen-bond donors (Lipinski definition) is 0. The monoisotopic (exact) mass is 300 g/mol. The van der Waals surface area contributed by atoms with E-state index in [1.54, 1.807) is 11.8 Å². The van der Waals surface area contributed by atoms with Crippen LogP contribution in [-0.4, -0.2) is 74.7 Å². The predicted molar refractivity (Wildman–Crippen MR) is 79.9 cm³/mol. The van der Waals surface area contributed by atoms with Gasteiger partial charge in [-0.25, -0.2) is 0 Å². The fourth-order valence-electron chi connectivity index (χ4n) is 2.38. The van der Waals surface area contributed by atoms with Crippen LogP contribution in [0.5, 0.6) is 0 Å². The molecule has 0 aromatic carbocycles. The van der Waals surface area contributed by atoms with Crippen LogP contribution in [0.25, 0.3) is 0 Å². The molecule has 122 valence electrons. The van der Waals surface area contributed by atoms with Crippen molar-refractivity contribution < 1.29 is 19.1 Å². The number of methoxy groups -OCH3 is 1. The third-order valence-corrected chi connectivity index (χ3v) is 3.70. The molecule has 6 heteroatoms. The smallest absolute Gasteiger partial charge is 0.310 e. The van der Waals surface area contributed by atoms with Crippen LogP contribution in [-0.2, 0) is 19.1 Å². The molecule has 1 aliphatic rings.